The third-order valence-corrected chi connectivity index (χ3v) is 6.67. The van der Waals surface area contributed by atoms with Crippen LogP contribution in [0.25, 0.3) is 10.9 Å². The topological polar surface area (TPSA) is 82.8 Å². The van der Waals surface area contributed by atoms with Gasteiger partial charge in [-0.1, -0.05) is 0 Å². The first-order valence-corrected chi connectivity index (χ1v) is 9.50. The van der Waals surface area contributed by atoms with Gasteiger partial charge in [0.25, 0.3) is 0 Å². The van der Waals surface area contributed by atoms with Gasteiger partial charge >= 0.3 is 0 Å². The van der Waals surface area contributed by atoms with E-state index in [9.17, 15) is 13.7 Å². The van der Waals surface area contributed by atoms with Gasteiger partial charge < -0.3 is 5.32 Å². The number of hydrogen-bond acceptors (Lipinski definition) is 5. The Bertz CT molecular complexity index is 956. The Balaban J connectivity index is 1.98. The summed E-state index contributed by atoms with van der Waals surface area (Å²) in [5.74, 6) is 0.765. The molecule has 1 saturated carbocycles. The highest BCUT2D eigenvalue weighted by Crippen LogP contribution is 2.39. The van der Waals surface area contributed by atoms with E-state index < -0.39 is 9.84 Å². The van der Waals surface area contributed by atoms with E-state index in [1.165, 1.54) is 12.8 Å². The largest absolute Gasteiger partial charge is 0.381 e. The SMILES string of the molecule is C[C@@H](Nc1c(C#N)cnc2ccc3c(c12)CCS3(=O)=O)C1CC1. The number of benzene rings is 1. The average Bonchev–Trinajstić information content (AvgIpc) is 3.33. The molecule has 118 valence electrons. The molecule has 0 amide bonds. The molecule has 1 aromatic carbocycles. The fraction of sp³-hybridized carbons (Fsp3) is 0.412. The molecule has 2 aromatic rings. The number of rotatable bonds is 3. The number of aryl methyl sites for hydroxylation is 1. The summed E-state index contributed by atoms with van der Waals surface area (Å²) in [4.78, 5) is 4.74. The first-order chi connectivity index (χ1) is 11.0. The van der Waals surface area contributed by atoms with Crippen LogP contribution >= 0.6 is 0 Å². The molecule has 1 N–H and O–H groups in total. The van der Waals surface area contributed by atoms with Crippen LogP contribution in [0.2, 0.25) is 0 Å². The Morgan fingerprint density at radius 1 is 1.39 bits per heavy atom. The first-order valence-electron chi connectivity index (χ1n) is 7.85. The second-order valence-corrected chi connectivity index (χ2v) is 8.51. The Hall–Kier alpha value is -2.13. The van der Waals surface area contributed by atoms with E-state index in [0.717, 1.165) is 22.2 Å². The molecule has 6 heteroatoms. The lowest BCUT2D eigenvalue weighted by atomic mass is 10.0. The molecule has 2 aliphatic rings. The van der Waals surface area contributed by atoms with Crippen LogP contribution in [0.1, 0.15) is 30.9 Å². The Kier molecular flexibility index (Phi) is 3.10. The summed E-state index contributed by atoms with van der Waals surface area (Å²) in [6, 6.07) is 5.84. The van der Waals surface area contributed by atoms with Gasteiger partial charge in [-0.15, -0.1) is 0 Å². The van der Waals surface area contributed by atoms with Crippen LogP contribution < -0.4 is 5.32 Å². The van der Waals surface area contributed by atoms with Crippen molar-refractivity contribution < 1.29 is 8.42 Å². The summed E-state index contributed by atoms with van der Waals surface area (Å²) < 4.78 is 24.4. The van der Waals surface area contributed by atoms with E-state index in [1.807, 2.05) is 0 Å². The predicted molar refractivity (Wildman–Crippen MR) is 88.0 cm³/mol. The molecule has 1 aromatic heterocycles. The second-order valence-electron chi connectivity index (χ2n) is 6.43. The summed E-state index contributed by atoms with van der Waals surface area (Å²) in [7, 11) is -3.20. The molecule has 0 bridgehead atoms. The zero-order valence-corrected chi connectivity index (χ0v) is 13.7. The molecule has 2 heterocycles. The molecule has 1 aliphatic carbocycles. The molecular formula is C17H17N3O2S. The molecule has 5 nitrogen and oxygen atoms in total. The van der Waals surface area contributed by atoms with Gasteiger partial charge in [0.2, 0.25) is 0 Å². The van der Waals surface area contributed by atoms with Crippen molar-refractivity contribution in [2.45, 2.75) is 37.1 Å². The molecular weight excluding hydrogens is 310 g/mol. The maximum atomic E-state index is 12.2. The molecule has 23 heavy (non-hydrogen) atoms. The van der Waals surface area contributed by atoms with Gasteiger partial charge in [-0.3, -0.25) is 4.98 Å². The third kappa shape index (κ3) is 2.27. The van der Waals surface area contributed by atoms with Crippen molar-refractivity contribution in [3.05, 3.63) is 29.5 Å². The minimum Gasteiger partial charge on any atom is -0.381 e. The van der Waals surface area contributed by atoms with Crippen LogP contribution in [0.5, 0.6) is 0 Å². The Labute approximate surface area is 135 Å². The summed E-state index contributed by atoms with van der Waals surface area (Å²) in [5.41, 5.74) is 2.76. The average molecular weight is 327 g/mol. The second kappa shape index (κ2) is 4.93. The fourth-order valence-corrected chi connectivity index (χ4v) is 4.95. The van der Waals surface area contributed by atoms with Crippen molar-refractivity contribution in [1.29, 1.82) is 5.26 Å². The monoisotopic (exact) mass is 327 g/mol. The molecule has 0 spiro atoms. The normalized spacial score (nSPS) is 20.0. The highest BCUT2D eigenvalue weighted by atomic mass is 32.2. The van der Waals surface area contributed by atoms with Crippen LogP contribution in [0, 0.1) is 17.2 Å². The number of nitrogens with one attached hydrogen (secondary N) is 1. The number of nitriles is 1. The minimum absolute atomic E-state index is 0.135. The highest BCUT2D eigenvalue weighted by molar-refractivity contribution is 7.91. The van der Waals surface area contributed by atoms with Gasteiger partial charge in [-0.05, 0) is 49.8 Å². The van der Waals surface area contributed by atoms with E-state index in [1.54, 1.807) is 18.3 Å². The van der Waals surface area contributed by atoms with Crippen molar-refractivity contribution in [1.82, 2.24) is 4.98 Å². The van der Waals surface area contributed by atoms with Gasteiger partial charge in [0.15, 0.2) is 9.84 Å². The molecule has 1 aliphatic heterocycles. The van der Waals surface area contributed by atoms with E-state index in [0.29, 0.717) is 22.8 Å². The lowest BCUT2D eigenvalue weighted by molar-refractivity contribution is 0.600. The number of aromatic nitrogens is 1. The summed E-state index contributed by atoms with van der Waals surface area (Å²) in [6.07, 6.45) is 4.45. The number of pyridine rings is 1. The lowest BCUT2D eigenvalue weighted by Crippen LogP contribution is -2.18. The maximum Gasteiger partial charge on any atom is 0.179 e. The lowest BCUT2D eigenvalue weighted by Gasteiger charge is -2.18. The van der Waals surface area contributed by atoms with E-state index in [4.69, 9.17) is 0 Å². The summed E-state index contributed by atoms with van der Waals surface area (Å²) in [6.45, 7) is 2.12. The predicted octanol–water partition coefficient (Wildman–Crippen LogP) is 2.65. The molecule has 0 radical (unpaired) electrons. The Morgan fingerprint density at radius 3 is 2.87 bits per heavy atom. The van der Waals surface area contributed by atoms with Crippen LogP contribution in [-0.2, 0) is 16.3 Å². The maximum absolute atomic E-state index is 12.2. The molecule has 1 atom stereocenters. The van der Waals surface area contributed by atoms with E-state index in [-0.39, 0.29) is 11.8 Å². The summed E-state index contributed by atoms with van der Waals surface area (Å²) >= 11 is 0. The highest BCUT2D eigenvalue weighted by Gasteiger charge is 2.32. The minimum atomic E-state index is -3.20. The van der Waals surface area contributed by atoms with Gasteiger partial charge in [0, 0.05) is 17.6 Å². The van der Waals surface area contributed by atoms with Crippen LogP contribution in [-0.4, -0.2) is 25.2 Å². The number of fused-ring (bicyclic) bond motifs is 3. The van der Waals surface area contributed by atoms with Crippen molar-refractivity contribution in [3.8, 4) is 6.07 Å². The molecule has 4 rings (SSSR count). The number of anilines is 1. The number of sulfone groups is 1. The van der Waals surface area contributed by atoms with Gasteiger partial charge in [-0.2, -0.15) is 5.26 Å². The first kappa shape index (κ1) is 14.5. The van der Waals surface area contributed by atoms with Crippen LogP contribution in [0.4, 0.5) is 5.69 Å². The van der Waals surface area contributed by atoms with Gasteiger partial charge in [-0.25, -0.2) is 8.42 Å². The molecule has 1 fully saturated rings. The van der Waals surface area contributed by atoms with Crippen LogP contribution in [0.15, 0.2) is 23.2 Å². The Morgan fingerprint density at radius 2 is 2.17 bits per heavy atom. The van der Waals surface area contributed by atoms with Crippen molar-refractivity contribution >= 4 is 26.4 Å². The number of nitrogens with zero attached hydrogens (tertiary/aromatic N) is 2. The van der Waals surface area contributed by atoms with Gasteiger partial charge in [0.05, 0.1) is 27.4 Å². The van der Waals surface area contributed by atoms with E-state index in [2.05, 4.69) is 23.3 Å². The fourth-order valence-electron chi connectivity index (χ4n) is 3.40. The van der Waals surface area contributed by atoms with Crippen molar-refractivity contribution in [3.63, 3.8) is 0 Å². The van der Waals surface area contributed by atoms with Gasteiger partial charge in [0.1, 0.15) is 6.07 Å². The van der Waals surface area contributed by atoms with Crippen molar-refractivity contribution in [2.75, 3.05) is 11.1 Å². The zero-order chi connectivity index (χ0) is 16.2. The number of hydrogen-bond donors (Lipinski definition) is 1. The van der Waals surface area contributed by atoms with E-state index >= 15 is 0 Å². The zero-order valence-electron chi connectivity index (χ0n) is 12.8. The third-order valence-electron chi connectivity index (χ3n) is 4.88. The van der Waals surface area contributed by atoms with Crippen molar-refractivity contribution in [2.24, 2.45) is 5.92 Å². The van der Waals surface area contributed by atoms with Crippen LogP contribution in [0.3, 0.4) is 0 Å². The smallest absolute Gasteiger partial charge is 0.179 e. The standard InChI is InChI=1S/C17H17N3O2S/c1-10(11-2-3-11)20-17-12(8-18)9-19-14-4-5-15-13(16(14)17)6-7-23(15,21)22/h4-5,9-11H,2-3,6-7H2,1H3,(H,19,20)/t10-/m1/s1. The quantitative estimate of drug-likeness (QED) is 0.937. The molecule has 0 saturated heterocycles. The molecule has 0 unspecified atom stereocenters. The summed E-state index contributed by atoms with van der Waals surface area (Å²) in [5, 5.41) is 13.7.